The van der Waals surface area contributed by atoms with E-state index in [9.17, 15) is 0 Å². The number of nitrogens with zero attached hydrogens (tertiary/aromatic N) is 1. The van der Waals surface area contributed by atoms with Gasteiger partial charge in [-0.05, 0) is 34.5 Å². The zero-order valence-electron chi connectivity index (χ0n) is 8.13. The molecule has 0 amide bonds. The summed E-state index contributed by atoms with van der Waals surface area (Å²) < 4.78 is 0.715. The van der Waals surface area contributed by atoms with Crippen molar-refractivity contribution in [2.24, 2.45) is 0 Å². The largest absolute Gasteiger partial charge is 0.393 e. The lowest BCUT2D eigenvalue weighted by atomic mass is 10.1. The molecule has 74 valence electrons. The highest BCUT2D eigenvalue weighted by Crippen LogP contribution is 2.13. The third-order valence-corrected chi connectivity index (χ3v) is 2.30. The topological polar surface area (TPSA) is 48.8 Å². The molecule has 0 bridgehead atoms. The van der Waals surface area contributed by atoms with Crippen LogP contribution in [0.25, 0.3) is 0 Å². The van der Waals surface area contributed by atoms with E-state index in [2.05, 4.69) is 26.2 Å². The summed E-state index contributed by atoms with van der Waals surface area (Å²) in [5.41, 5.74) is 2.29. The standard InChI is InChI=1S/C10H12BrN3/c1-7-3-8(5-14-4-7)10(12)9(11)6-13-2/h3-6,12-13H,1-2H3/b9-6+,12-10?. The molecule has 0 aromatic carbocycles. The third-order valence-electron chi connectivity index (χ3n) is 1.67. The second-order valence-electron chi connectivity index (χ2n) is 2.91. The summed E-state index contributed by atoms with van der Waals surface area (Å²) in [6, 6.07) is 1.93. The van der Waals surface area contributed by atoms with Crippen molar-refractivity contribution in [1.29, 1.82) is 5.41 Å². The molecule has 1 aromatic heterocycles. The van der Waals surface area contributed by atoms with Crippen LogP contribution in [0.3, 0.4) is 0 Å². The van der Waals surface area contributed by atoms with Crippen molar-refractivity contribution < 1.29 is 0 Å². The number of allylic oxidation sites excluding steroid dienone is 1. The minimum Gasteiger partial charge on any atom is -0.393 e. The summed E-state index contributed by atoms with van der Waals surface area (Å²) in [6.07, 6.45) is 5.18. The summed E-state index contributed by atoms with van der Waals surface area (Å²) in [6.45, 7) is 1.96. The van der Waals surface area contributed by atoms with Crippen molar-refractivity contribution in [1.82, 2.24) is 10.3 Å². The highest BCUT2D eigenvalue weighted by atomic mass is 79.9. The summed E-state index contributed by atoms with van der Waals surface area (Å²) in [7, 11) is 1.79. The Balaban J connectivity index is 2.95. The predicted octanol–water partition coefficient (Wildman–Crippen LogP) is 2.21. The molecule has 0 spiro atoms. The van der Waals surface area contributed by atoms with Crippen molar-refractivity contribution in [3.05, 3.63) is 40.3 Å². The second kappa shape index (κ2) is 4.91. The molecule has 3 nitrogen and oxygen atoms in total. The first-order valence-electron chi connectivity index (χ1n) is 4.19. The van der Waals surface area contributed by atoms with Crippen LogP contribution in [-0.2, 0) is 0 Å². The van der Waals surface area contributed by atoms with Gasteiger partial charge in [-0.2, -0.15) is 0 Å². The predicted molar refractivity (Wildman–Crippen MR) is 61.9 cm³/mol. The molecule has 4 heteroatoms. The molecule has 0 unspecified atom stereocenters. The maximum atomic E-state index is 7.84. The van der Waals surface area contributed by atoms with Gasteiger partial charge < -0.3 is 5.32 Å². The zero-order valence-corrected chi connectivity index (χ0v) is 9.72. The summed E-state index contributed by atoms with van der Waals surface area (Å²) in [5.74, 6) is 0. The van der Waals surface area contributed by atoms with Crippen molar-refractivity contribution in [2.45, 2.75) is 6.92 Å². The first-order valence-corrected chi connectivity index (χ1v) is 4.98. The molecule has 1 rings (SSSR count). The molecule has 0 atom stereocenters. The minimum atomic E-state index is 0.426. The molecule has 0 aliphatic rings. The molecular formula is C10H12BrN3. The smallest absolute Gasteiger partial charge is 0.0784 e. The van der Waals surface area contributed by atoms with Crippen LogP contribution in [0.15, 0.2) is 29.1 Å². The average Bonchev–Trinajstić information content (AvgIpc) is 2.17. The fraction of sp³-hybridized carbons (Fsp3) is 0.200. The average molecular weight is 254 g/mol. The van der Waals surface area contributed by atoms with E-state index >= 15 is 0 Å². The summed E-state index contributed by atoms with van der Waals surface area (Å²) >= 11 is 3.31. The summed E-state index contributed by atoms with van der Waals surface area (Å²) in [4.78, 5) is 4.04. The Morgan fingerprint density at radius 1 is 1.57 bits per heavy atom. The molecule has 0 saturated carbocycles. The number of hydrogen-bond donors (Lipinski definition) is 2. The van der Waals surface area contributed by atoms with E-state index in [1.54, 1.807) is 25.6 Å². The molecule has 2 N–H and O–H groups in total. The number of pyridine rings is 1. The molecule has 0 saturated heterocycles. The molecule has 1 aromatic rings. The lowest BCUT2D eigenvalue weighted by Crippen LogP contribution is -2.04. The van der Waals surface area contributed by atoms with E-state index in [-0.39, 0.29) is 0 Å². The first kappa shape index (κ1) is 10.9. The van der Waals surface area contributed by atoms with E-state index in [0.29, 0.717) is 10.2 Å². The van der Waals surface area contributed by atoms with Crippen LogP contribution in [0.2, 0.25) is 0 Å². The molecular weight excluding hydrogens is 242 g/mol. The fourth-order valence-corrected chi connectivity index (χ4v) is 1.49. The highest BCUT2D eigenvalue weighted by Gasteiger charge is 2.04. The quantitative estimate of drug-likeness (QED) is 0.812. The lowest BCUT2D eigenvalue weighted by Gasteiger charge is -2.03. The van der Waals surface area contributed by atoms with Gasteiger partial charge in [0.05, 0.1) is 10.2 Å². The van der Waals surface area contributed by atoms with Gasteiger partial charge in [0.2, 0.25) is 0 Å². The first-order chi connectivity index (χ1) is 6.65. The molecule has 0 radical (unpaired) electrons. The summed E-state index contributed by atoms with van der Waals surface area (Å²) in [5, 5.41) is 10.7. The maximum absolute atomic E-state index is 7.84. The highest BCUT2D eigenvalue weighted by molar-refractivity contribution is 9.12. The second-order valence-corrected chi connectivity index (χ2v) is 3.76. The van der Waals surface area contributed by atoms with Crippen LogP contribution in [0.1, 0.15) is 11.1 Å². The molecule has 14 heavy (non-hydrogen) atoms. The fourth-order valence-electron chi connectivity index (χ4n) is 1.03. The van der Waals surface area contributed by atoms with E-state index < -0.39 is 0 Å². The van der Waals surface area contributed by atoms with Gasteiger partial charge in [0, 0.05) is 31.2 Å². The number of nitrogens with one attached hydrogen (secondary N) is 2. The number of aryl methyl sites for hydroxylation is 1. The van der Waals surface area contributed by atoms with Crippen LogP contribution in [0, 0.1) is 12.3 Å². The number of hydrogen-bond acceptors (Lipinski definition) is 3. The number of halogens is 1. The van der Waals surface area contributed by atoms with Crippen LogP contribution < -0.4 is 5.32 Å². The third kappa shape index (κ3) is 2.67. The van der Waals surface area contributed by atoms with Gasteiger partial charge >= 0.3 is 0 Å². The van der Waals surface area contributed by atoms with Crippen LogP contribution in [-0.4, -0.2) is 17.7 Å². The van der Waals surface area contributed by atoms with Gasteiger partial charge in [-0.1, -0.05) is 0 Å². The van der Waals surface area contributed by atoms with Gasteiger partial charge in [0.1, 0.15) is 0 Å². The zero-order chi connectivity index (χ0) is 10.6. The Bertz CT molecular complexity index is 371. The maximum Gasteiger partial charge on any atom is 0.0784 e. The normalized spacial score (nSPS) is 11.2. The number of aromatic nitrogens is 1. The van der Waals surface area contributed by atoms with Crippen molar-refractivity contribution in [2.75, 3.05) is 7.05 Å². The van der Waals surface area contributed by atoms with E-state index in [0.717, 1.165) is 11.1 Å². The Morgan fingerprint density at radius 2 is 2.29 bits per heavy atom. The Hall–Kier alpha value is -1.16. The van der Waals surface area contributed by atoms with Crippen LogP contribution in [0.5, 0.6) is 0 Å². The molecule has 0 fully saturated rings. The van der Waals surface area contributed by atoms with E-state index in [1.807, 2.05) is 13.0 Å². The van der Waals surface area contributed by atoms with Gasteiger partial charge in [-0.3, -0.25) is 10.4 Å². The lowest BCUT2D eigenvalue weighted by molar-refractivity contribution is 1.10. The van der Waals surface area contributed by atoms with Crippen molar-refractivity contribution >= 4 is 21.6 Å². The van der Waals surface area contributed by atoms with Gasteiger partial charge in [-0.15, -0.1) is 0 Å². The van der Waals surface area contributed by atoms with E-state index in [1.165, 1.54) is 0 Å². The van der Waals surface area contributed by atoms with Crippen LogP contribution in [0.4, 0.5) is 0 Å². The van der Waals surface area contributed by atoms with Gasteiger partial charge in [0.25, 0.3) is 0 Å². The van der Waals surface area contributed by atoms with Crippen molar-refractivity contribution in [3.8, 4) is 0 Å². The van der Waals surface area contributed by atoms with Gasteiger partial charge in [-0.25, -0.2) is 0 Å². The Kier molecular flexibility index (Phi) is 3.83. The van der Waals surface area contributed by atoms with E-state index in [4.69, 9.17) is 5.41 Å². The van der Waals surface area contributed by atoms with Crippen LogP contribution >= 0.6 is 15.9 Å². The Labute approximate surface area is 91.9 Å². The van der Waals surface area contributed by atoms with Gasteiger partial charge in [0.15, 0.2) is 0 Å². The monoisotopic (exact) mass is 253 g/mol. The SMILES string of the molecule is CN/C=C(/Br)C(=N)c1cncc(C)c1. The molecule has 0 aliphatic heterocycles. The molecule has 0 aliphatic carbocycles. The number of rotatable bonds is 3. The van der Waals surface area contributed by atoms with Crippen molar-refractivity contribution in [3.63, 3.8) is 0 Å². The Morgan fingerprint density at radius 3 is 2.86 bits per heavy atom. The minimum absolute atomic E-state index is 0.426. The molecule has 1 heterocycles.